The van der Waals surface area contributed by atoms with Gasteiger partial charge in [0, 0.05) is 31.3 Å². The third-order valence-corrected chi connectivity index (χ3v) is 9.65. The largest absolute Gasteiger partial charge is 0.464 e. The van der Waals surface area contributed by atoms with Gasteiger partial charge in [-0.15, -0.1) is 0 Å². The number of carbonyl (C=O) groups excluding carboxylic acids is 2. The van der Waals surface area contributed by atoms with Gasteiger partial charge in [0.05, 0.1) is 0 Å². The summed E-state index contributed by atoms with van der Waals surface area (Å²) in [5, 5.41) is 0.757. The molecular formula is C43H74BrNO5. The fourth-order valence-corrected chi connectivity index (χ4v) is 6.27. The summed E-state index contributed by atoms with van der Waals surface area (Å²) in [5.74, 6) is -0.263. The second kappa shape index (κ2) is 35.7. The Morgan fingerprint density at radius 2 is 0.940 bits per heavy atom. The standard InChI is InChI=1S/C43H74BrNO5/c1-3-5-7-9-11-13-15-17-19-21-23-25-27-29-31-33-41(46)48-37-35-45(43-40(39-44)50-43)36-38-49-42(47)34-32-30-28-26-24-22-20-18-16-14-12-10-8-6-4-2/h11-14,17-20,40,43H,3-10,15-16,21-39H2,1-2H3/b13-11-,14-12-,19-17-,20-18-. The number of ether oxygens (including phenoxy) is 3. The average molecular weight is 765 g/mol. The van der Waals surface area contributed by atoms with E-state index in [4.69, 9.17) is 14.2 Å². The first-order valence-electron chi connectivity index (χ1n) is 20.5. The summed E-state index contributed by atoms with van der Waals surface area (Å²) in [7, 11) is 0. The molecule has 0 aromatic heterocycles. The number of epoxide rings is 1. The van der Waals surface area contributed by atoms with Gasteiger partial charge in [0.15, 0.2) is 0 Å². The molecule has 7 heteroatoms. The van der Waals surface area contributed by atoms with Gasteiger partial charge in [-0.2, -0.15) is 0 Å². The van der Waals surface area contributed by atoms with Gasteiger partial charge in [-0.25, -0.2) is 0 Å². The zero-order valence-corrected chi connectivity index (χ0v) is 33.7. The third kappa shape index (κ3) is 30.0. The lowest BCUT2D eigenvalue weighted by Crippen LogP contribution is -2.35. The molecule has 0 saturated carbocycles. The first-order valence-corrected chi connectivity index (χ1v) is 21.6. The molecule has 2 atom stereocenters. The van der Waals surface area contributed by atoms with E-state index >= 15 is 0 Å². The molecule has 0 aromatic rings. The molecule has 2 unspecified atom stereocenters. The van der Waals surface area contributed by atoms with Crippen LogP contribution in [-0.4, -0.2) is 60.8 Å². The van der Waals surface area contributed by atoms with Gasteiger partial charge in [-0.3, -0.25) is 14.5 Å². The second-order valence-corrected chi connectivity index (χ2v) is 14.3. The van der Waals surface area contributed by atoms with Crippen LogP contribution in [-0.2, 0) is 23.8 Å². The summed E-state index contributed by atoms with van der Waals surface area (Å²) >= 11 is 3.49. The summed E-state index contributed by atoms with van der Waals surface area (Å²) in [6, 6.07) is 0. The zero-order valence-electron chi connectivity index (χ0n) is 32.1. The number of halogens is 1. The Balaban J connectivity index is 2.03. The van der Waals surface area contributed by atoms with Gasteiger partial charge >= 0.3 is 11.9 Å². The van der Waals surface area contributed by atoms with Gasteiger partial charge < -0.3 is 14.2 Å². The molecule has 0 radical (unpaired) electrons. The Kier molecular flexibility index (Phi) is 33.1. The van der Waals surface area contributed by atoms with Gasteiger partial charge in [0.25, 0.3) is 0 Å². The monoisotopic (exact) mass is 763 g/mol. The highest BCUT2D eigenvalue weighted by Crippen LogP contribution is 2.27. The van der Waals surface area contributed by atoms with E-state index in [1.54, 1.807) is 0 Å². The molecule has 1 rings (SSSR count). The van der Waals surface area contributed by atoms with E-state index in [0.29, 0.717) is 39.1 Å². The van der Waals surface area contributed by atoms with Crippen molar-refractivity contribution in [3.05, 3.63) is 48.6 Å². The Morgan fingerprint density at radius 3 is 1.32 bits per heavy atom. The number of alkyl halides is 1. The van der Waals surface area contributed by atoms with Crippen molar-refractivity contribution in [1.29, 1.82) is 0 Å². The molecule has 0 amide bonds. The lowest BCUT2D eigenvalue weighted by Gasteiger charge is -2.20. The molecule has 1 fully saturated rings. The zero-order chi connectivity index (χ0) is 36.2. The fraction of sp³-hybridized carbons (Fsp3) is 0.767. The molecule has 1 saturated heterocycles. The van der Waals surface area contributed by atoms with E-state index in [0.717, 1.165) is 69.5 Å². The fourth-order valence-electron chi connectivity index (χ4n) is 5.79. The Hall–Kier alpha value is -1.70. The van der Waals surface area contributed by atoms with Gasteiger partial charge in [-0.1, -0.05) is 143 Å². The predicted molar refractivity (Wildman–Crippen MR) is 215 cm³/mol. The number of esters is 2. The van der Waals surface area contributed by atoms with Crippen LogP contribution >= 0.6 is 15.9 Å². The third-order valence-electron chi connectivity index (χ3n) is 9.01. The highest BCUT2D eigenvalue weighted by Gasteiger charge is 2.42. The number of hydrogen-bond donors (Lipinski definition) is 0. The van der Waals surface area contributed by atoms with Crippen LogP contribution in [0.1, 0.15) is 168 Å². The van der Waals surface area contributed by atoms with Crippen LogP contribution in [0, 0.1) is 0 Å². The smallest absolute Gasteiger partial charge is 0.305 e. The molecule has 288 valence electrons. The maximum absolute atomic E-state index is 12.3. The van der Waals surface area contributed by atoms with Crippen molar-refractivity contribution in [3.63, 3.8) is 0 Å². The van der Waals surface area contributed by atoms with Gasteiger partial charge in [0.2, 0.25) is 0 Å². The minimum Gasteiger partial charge on any atom is -0.464 e. The lowest BCUT2D eigenvalue weighted by atomic mass is 10.1. The molecular weight excluding hydrogens is 690 g/mol. The lowest BCUT2D eigenvalue weighted by molar-refractivity contribution is -0.144. The second-order valence-electron chi connectivity index (χ2n) is 13.7. The maximum Gasteiger partial charge on any atom is 0.305 e. The van der Waals surface area contributed by atoms with Crippen LogP contribution in [0.4, 0.5) is 0 Å². The topological polar surface area (TPSA) is 68.4 Å². The van der Waals surface area contributed by atoms with Crippen LogP contribution in [0.5, 0.6) is 0 Å². The molecule has 6 nitrogen and oxygen atoms in total. The van der Waals surface area contributed by atoms with Crippen LogP contribution in [0.25, 0.3) is 0 Å². The Labute approximate surface area is 316 Å². The molecule has 1 heterocycles. The molecule has 50 heavy (non-hydrogen) atoms. The molecule has 0 bridgehead atoms. The Bertz CT molecular complexity index is 853. The van der Waals surface area contributed by atoms with E-state index in [-0.39, 0.29) is 24.3 Å². The van der Waals surface area contributed by atoms with Crippen molar-refractivity contribution in [1.82, 2.24) is 4.90 Å². The number of carbonyl (C=O) groups is 2. The number of hydrogen-bond acceptors (Lipinski definition) is 6. The SMILES string of the molecule is CCCCC/C=C\C/C=C\CCCCCCCC(=O)OCCN(CCOC(=O)CCCCCCC/C=C\C/C=C\CCCCC)C1OC1CBr. The summed E-state index contributed by atoms with van der Waals surface area (Å²) in [5.41, 5.74) is 0. The van der Waals surface area contributed by atoms with Gasteiger partial charge in [-0.05, 0) is 77.0 Å². The Morgan fingerprint density at radius 1 is 0.560 bits per heavy atom. The summed E-state index contributed by atoms with van der Waals surface area (Å²) < 4.78 is 16.8. The first kappa shape index (κ1) is 46.3. The number of rotatable bonds is 36. The number of allylic oxidation sites excluding steroid dienone is 8. The van der Waals surface area contributed by atoms with Crippen LogP contribution in [0.2, 0.25) is 0 Å². The minimum absolute atomic E-state index is 0.0181. The van der Waals surface area contributed by atoms with Crippen LogP contribution < -0.4 is 0 Å². The summed E-state index contributed by atoms with van der Waals surface area (Å²) in [6.45, 7) is 6.29. The molecule has 0 N–H and O–H groups in total. The maximum atomic E-state index is 12.3. The normalized spacial score (nSPS) is 16.2. The minimum atomic E-state index is -0.131. The van der Waals surface area contributed by atoms with Gasteiger partial charge in [0.1, 0.15) is 25.5 Å². The van der Waals surface area contributed by atoms with E-state index in [1.165, 1.54) is 77.0 Å². The van der Waals surface area contributed by atoms with E-state index in [1.807, 2.05) is 0 Å². The molecule has 0 aromatic carbocycles. The van der Waals surface area contributed by atoms with Crippen LogP contribution in [0.3, 0.4) is 0 Å². The molecule has 0 aliphatic carbocycles. The van der Waals surface area contributed by atoms with E-state index in [2.05, 4.69) is 83.3 Å². The van der Waals surface area contributed by atoms with E-state index in [9.17, 15) is 9.59 Å². The van der Waals surface area contributed by atoms with Crippen molar-refractivity contribution < 1.29 is 23.8 Å². The quantitative estimate of drug-likeness (QED) is 0.0208. The highest BCUT2D eigenvalue weighted by molar-refractivity contribution is 9.09. The summed E-state index contributed by atoms with van der Waals surface area (Å²) in [4.78, 5) is 26.7. The molecule has 1 aliphatic rings. The van der Waals surface area contributed by atoms with Crippen molar-refractivity contribution in [2.24, 2.45) is 0 Å². The van der Waals surface area contributed by atoms with Crippen molar-refractivity contribution in [2.75, 3.05) is 31.6 Å². The number of unbranched alkanes of at least 4 members (excludes halogenated alkanes) is 16. The number of nitrogens with zero attached hydrogens (tertiary/aromatic N) is 1. The molecule has 1 aliphatic heterocycles. The molecule has 0 spiro atoms. The van der Waals surface area contributed by atoms with Crippen molar-refractivity contribution in [2.45, 2.75) is 180 Å². The van der Waals surface area contributed by atoms with Crippen LogP contribution in [0.15, 0.2) is 48.6 Å². The first-order chi connectivity index (χ1) is 24.6. The van der Waals surface area contributed by atoms with Crippen molar-refractivity contribution >= 4 is 27.9 Å². The average Bonchev–Trinajstić information content (AvgIpc) is 3.91. The summed E-state index contributed by atoms with van der Waals surface area (Å²) in [6.07, 6.45) is 45.0. The van der Waals surface area contributed by atoms with E-state index < -0.39 is 0 Å². The highest BCUT2D eigenvalue weighted by atomic mass is 79.9. The predicted octanol–water partition coefficient (Wildman–Crippen LogP) is 12.1. The van der Waals surface area contributed by atoms with Crippen molar-refractivity contribution in [3.8, 4) is 0 Å².